The number of hydrogen-bond donors (Lipinski definition) is 2. The van der Waals surface area contributed by atoms with Gasteiger partial charge in [0.25, 0.3) is 5.91 Å². The van der Waals surface area contributed by atoms with Crippen molar-refractivity contribution < 1.29 is 28.7 Å². The molecule has 9 heteroatoms. The topological polar surface area (TPSA) is 115 Å². The van der Waals surface area contributed by atoms with E-state index in [4.69, 9.17) is 9.57 Å². The molecule has 0 bridgehead atoms. The van der Waals surface area contributed by atoms with E-state index in [1.165, 1.54) is 6.21 Å². The van der Waals surface area contributed by atoms with E-state index in [-0.39, 0.29) is 6.04 Å². The number of amides is 3. The van der Waals surface area contributed by atoms with Gasteiger partial charge in [-0.25, -0.2) is 9.59 Å². The van der Waals surface area contributed by atoms with Gasteiger partial charge in [0.1, 0.15) is 5.75 Å². The average molecular weight is 365 g/mol. The molecule has 3 amide bonds. The first-order valence-electron chi connectivity index (χ1n) is 8.00. The van der Waals surface area contributed by atoms with Crippen LogP contribution < -0.4 is 15.4 Å². The number of urea groups is 1. The zero-order valence-corrected chi connectivity index (χ0v) is 15.0. The van der Waals surface area contributed by atoms with Gasteiger partial charge in [0.05, 0.1) is 13.3 Å². The fourth-order valence-corrected chi connectivity index (χ4v) is 1.59. The van der Waals surface area contributed by atoms with Crippen molar-refractivity contribution >= 4 is 24.1 Å². The van der Waals surface area contributed by atoms with E-state index >= 15 is 0 Å². The summed E-state index contributed by atoms with van der Waals surface area (Å²) < 4.78 is 9.70. The van der Waals surface area contributed by atoms with Crippen molar-refractivity contribution in [3.63, 3.8) is 0 Å². The van der Waals surface area contributed by atoms with Crippen LogP contribution in [0, 0.1) is 0 Å². The van der Waals surface area contributed by atoms with Crippen LogP contribution in [0.5, 0.6) is 5.75 Å². The van der Waals surface area contributed by atoms with Crippen LogP contribution in [0.25, 0.3) is 0 Å². The molecule has 1 aromatic rings. The summed E-state index contributed by atoms with van der Waals surface area (Å²) in [5.74, 6) is -0.807. The van der Waals surface area contributed by atoms with Gasteiger partial charge < -0.3 is 19.6 Å². The summed E-state index contributed by atoms with van der Waals surface area (Å²) in [6, 6.07) is 6.33. The Kier molecular flexibility index (Phi) is 9.23. The number of benzene rings is 1. The Balaban J connectivity index is 2.22. The molecule has 1 atom stereocenters. The Bertz CT molecular complexity index is 630. The Morgan fingerprint density at radius 1 is 1.19 bits per heavy atom. The molecule has 0 spiro atoms. The van der Waals surface area contributed by atoms with E-state index < -0.39 is 31.1 Å². The minimum atomic E-state index is -0.783. The van der Waals surface area contributed by atoms with Crippen LogP contribution in [0.3, 0.4) is 0 Å². The standard InChI is InChI=1S/C17H23N3O6/c1-4-12(2)19-17(23)20-15(21)10-25-16(22)11-26-18-9-13-5-7-14(24-3)8-6-13/h5-9,12H,4,10-11H2,1-3H3,(H2,19,20,21,23)/b18-9-/t12-/m1/s1. The van der Waals surface area contributed by atoms with Gasteiger partial charge in [-0.2, -0.15) is 0 Å². The van der Waals surface area contributed by atoms with Gasteiger partial charge in [0.15, 0.2) is 6.61 Å². The highest BCUT2D eigenvalue weighted by molar-refractivity contribution is 5.95. The summed E-state index contributed by atoms with van der Waals surface area (Å²) in [5.41, 5.74) is 0.755. The molecule has 0 fully saturated rings. The van der Waals surface area contributed by atoms with Crippen LogP contribution in [-0.2, 0) is 19.2 Å². The van der Waals surface area contributed by atoms with Crippen LogP contribution in [0.15, 0.2) is 29.4 Å². The van der Waals surface area contributed by atoms with Crippen LogP contribution in [0.4, 0.5) is 4.79 Å². The fourth-order valence-electron chi connectivity index (χ4n) is 1.59. The van der Waals surface area contributed by atoms with Gasteiger partial charge >= 0.3 is 12.0 Å². The highest BCUT2D eigenvalue weighted by Gasteiger charge is 2.12. The fraction of sp³-hybridized carbons (Fsp3) is 0.412. The zero-order valence-electron chi connectivity index (χ0n) is 15.0. The van der Waals surface area contributed by atoms with Gasteiger partial charge in [-0.3, -0.25) is 10.1 Å². The lowest BCUT2D eigenvalue weighted by Crippen LogP contribution is -2.44. The summed E-state index contributed by atoms with van der Waals surface area (Å²) in [4.78, 5) is 39.1. The molecule has 0 aliphatic heterocycles. The Labute approximate surface area is 151 Å². The Hall–Kier alpha value is -3.10. The van der Waals surface area contributed by atoms with Crippen LogP contribution in [0.1, 0.15) is 25.8 Å². The van der Waals surface area contributed by atoms with Crippen LogP contribution >= 0.6 is 0 Å². The highest BCUT2D eigenvalue weighted by Crippen LogP contribution is 2.09. The first-order chi connectivity index (χ1) is 12.4. The molecule has 0 heterocycles. The molecule has 0 saturated carbocycles. The molecular formula is C17H23N3O6. The maximum absolute atomic E-state index is 11.5. The molecule has 0 aliphatic rings. The number of imide groups is 1. The lowest BCUT2D eigenvalue weighted by atomic mass is 10.2. The zero-order chi connectivity index (χ0) is 19.4. The van der Waals surface area contributed by atoms with Gasteiger partial charge in [-0.1, -0.05) is 12.1 Å². The van der Waals surface area contributed by atoms with E-state index in [1.807, 2.05) is 6.92 Å². The number of hydrogen-bond acceptors (Lipinski definition) is 7. The molecule has 0 radical (unpaired) electrons. The monoisotopic (exact) mass is 365 g/mol. The van der Waals surface area contributed by atoms with E-state index in [0.29, 0.717) is 5.75 Å². The van der Waals surface area contributed by atoms with Crippen molar-refractivity contribution in [2.24, 2.45) is 5.16 Å². The molecule has 9 nitrogen and oxygen atoms in total. The third kappa shape index (κ3) is 8.67. The molecule has 0 aromatic heterocycles. The quantitative estimate of drug-likeness (QED) is 0.386. The molecule has 0 unspecified atom stereocenters. The van der Waals surface area contributed by atoms with Gasteiger partial charge in [-0.15, -0.1) is 0 Å². The Morgan fingerprint density at radius 3 is 2.50 bits per heavy atom. The van der Waals surface area contributed by atoms with Crippen molar-refractivity contribution in [3.05, 3.63) is 29.8 Å². The second kappa shape index (κ2) is 11.5. The van der Waals surface area contributed by atoms with Crippen molar-refractivity contribution in [2.75, 3.05) is 20.3 Å². The van der Waals surface area contributed by atoms with Crippen LogP contribution in [-0.4, -0.2) is 50.5 Å². The number of methoxy groups -OCH3 is 1. The van der Waals surface area contributed by atoms with Gasteiger partial charge in [0.2, 0.25) is 6.61 Å². The van der Waals surface area contributed by atoms with E-state index in [2.05, 4.69) is 20.5 Å². The second-order valence-electron chi connectivity index (χ2n) is 5.27. The summed E-state index contributed by atoms with van der Waals surface area (Å²) in [5, 5.41) is 8.22. The Morgan fingerprint density at radius 2 is 1.88 bits per heavy atom. The molecule has 0 aliphatic carbocycles. The lowest BCUT2D eigenvalue weighted by Gasteiger charge is -2.11. The number of ether oxygens (including phenoxy) is 2. The summed E-state index contributed by atoms with van der Waals surface area (Å²) in [6.45, 7) is 2.65. The third-order valence-corrected chi connectivity index (χ3v) is 3.18. The maximum Gasteiger partial charge on any atom is 0.347 e. The smallest absolute Gasteiger partial charge is 0.347 e. The SMILES string of the molecule is CC[C@@H](C)NC(=O)NC(=O)COC(=O)CO/N=C\c1ccc(OC)cc1. The molecular weight excluding hydrogens is 342 g/mol. The molecule has 26 heavy (non-hydrogen) atoms. The number of oxime groups is 1. The minimum Gasteiger partial charge on any atom is -0.497 e. The third-order valence-electron chi connectivity index (χ3n) is 3.18. The van der Waals surface area contributed by atoms with Crippen molar-refractivity contribution in [1.29, 1.82) is 0 Å². The van der Waals surface area contributed by atoms with Gasteiger partial charge in [0, 0.05) is 6.04 Å². The molecule has 0 saturated heterocycles. The largest absolute Gasteiger partial charge is 0.497 e. The molecule has 2 N–H and O–H groups in total. The average Bonchev–Trinajstić information content (AvgIpc) is 2.63. The number of rotatable bonds is 9. The summed E-state index contributed by atoms with van der Waals surface area (Å²) >= 11 is 0. The lowest BCUT2D eigenvalue weighted by molar-refractivity contribution is -0.152. The van der Waals surface area contributed by atoms with E-state index in [0.717, 1.165) is 12.0 Å². The summed E-state index contributed by atoms with van der Waals surface area (Å²) in [6.07, 6.45) is 2.14. The predicted molar refractivity (Wildman–Crippen MR) is 93.9 cm³/mol. The van der Waals surface area contributed by atoms with Crippen molar-refractivity contribution in [2.45, 2.75) is 26.3 Å². The number of carbonyl (C=O) groups is 3. The first kappa shape index (κ1) is 20.9. The highest BCUT2D eigenvalue weighted by atomic mass is 16.7. The normalized spacial score (nSPS) is 11.5. The first-order valence-corrected chi connectivity index (χ1v) is 8.00. The van der Waals surface area contributed by atoms with E-state index in [9.17, 15) is 14.4 Å². The number of carbonyl (C=O) groups excluding carboxylic acids is 3. The van der Waals surface area contributed by atoms with E-state index in [1.54, 1.807) is 38.3 Å². The van der Waals surface area contributed by atoms with Crippen molar-refractivity contribution in [3.8, 4) is 5.75 Å². The second-order valence-corrected chi connectivity index (χ2v) is 5.27. The van der Waals surface area contributed by atoms with Gasteiger partial charge in [-0.05, 0) is 43.2 Å². The molecule has 1 rings (SSSR count). The number of esters is 1. The number of nitrogens with one attached hydrogen (secondary N) is 2. The van der Waals surface area contributed by atoms with Crippen LogP contribution in [0.2, 0.25) is 0 Å². The molecule has 142 valence electrons. The van der Waals surface area contributed by atoms with Crippen molar-refractivity contribution in [1.82, 2.24) is 10.6 Å². The number of nitrogens with zero attached hydrogens (tertiary/aromatic N) is 1. The maximum atomic E-state index is 11.5. The minimum absolute atomic E-state index is 0.0673. The summed E-state index contributed by atoms with van der Waals surface area (Å²) in [7, 11) is 1.57. The predicted octanol–water partition coefficient (Wildman–Crippen LogP) is 1.21. The molecule has 1 aromatic carbocycles.